The smallest absolute Gasteiger partial charge is 0.384 e. The van der Waals surface area contributed by atoms with Gasteiger partial charge in [-0.25, -0.2) is 9.67 Å². The summed E-state index contributed by atoms with van der Waals surface area (Å²) in [6.07, 6.45) is 2.97. The second-order valence-electron chi connectivity index (χ2n) is 6.48. The number of alkyl halides is 3. The van der Waals surface area contributed by atoms with Crippen molar-refractivity contribution in [3.63, 3.8) is 0 Å². The molecule has 0 aliphatic heterocycles. The Hall–Kier alpha value is -4.72. The lowest BCUT2D eigenvalue weighted by molar-refractivity contribution is -0.142. The lowest BCUT2D eigenvalue weighted by Crippen LogP contribution is -2.18. The Morgan fingerprint density at radius 2 is 2.03 bits per heavy atom. The molecule has 0 saturated heterocycles. The van der Waals surface area contributed by atoms with Crippen molar-refractivity contribution in [1.82, 2.24) is 19.7 Å². The van der Waals surface area contributed by atoms with Crippen LogP contribution in [-0.4, -0.2) is 25.7 Å². The zero-order chi connectivity index (χ0) is 24.0. The normalized spacial score (nSPS) is 12.2. The van der Waals surface area contributed by atoms with Crippen LogP contribution in [0, 0.1) is 11.3 Å². The average Bonchev–Trinajstić information content (AvgIpc) is 3.27. The van der Waals surface area contributed by atoms with E-state index in [9.17, 15) is 18.0 Å². The number of carbonyl (C=O) groups excluding carboxylic acids is 1. The van der Waals surface area contributed by atoms with Crippen LogP contribution < -0.4 is 11.1 Å². The lowest BCUT2D eigenvalue weighted by atomic mass is 10.2. The number of hydrogen-bond acceptors (Lipinski definition) is 6. The van der Waals surface area contributed by atoms with Crippen LogP contribution >= 0.6 is 0 Å². The van der Waals surface area contributed by atoms with E-state index in [1.165, 1.54) is 42.9 Å². The van der Waals surface area contributed by atoms with Gasteiger partial charge in [0.2, 0.25) is 0 Å². The number of anilines is 1. The summed E-state index contributed by atoms with van der Waals surface area (Å²) in [7, 11) is 0. The molecule has 11 heteroatoms. The van der Waals surface area contributed by atoms with Gasteiger partial charge in [0.1, 0.15) is 17.6 Å². The van der Waals surface area contributed by atoms with Crippen LogP contribution in [0.15, 0.2) is 79.3 Å². The topological polar surface area (TPSA) is 123 Å². The van der Waals surface area contributed by atoms with Crippen LogP contribution in [0.5, 0.6) is 0 Å². The molecule has 166 valence electrons. The van der Waals surface area contributed by atoms with E-state index in [1.807, 2.05) is 6.07 Å². The molecule has 0 radical (unpaired) electrons. The summed E-state index contributed by atoms with van der Waals surface area (Å²) < 4.78 is 41.2. The van der Waals surface area contributed by atoms with Crippen molar-refractivity contribution in [2.24, 2.45) is 5.73 Å². The summed E-state index contributed by atoms with van der Waals surface area (Å²) in [5, 5.41) is 15.3. The quantitative estimate of drug-likeness (QED) is 0.435. The fraction of sp³-hybridized carbons (Fsp3) is 0.0455. The van der Waals surface area contributed by atoms with Crippen molar-refractivity contribution in [2.75, 3.05) is 5.32 Å². The number of pyridine rings is 2. The minimum atomic E-state index is -4.73. The van der Waals surface area contributed by atoms with Gasteiger partial charge in [0.25, 0.3) is 5.91 Å². The van der Waals surface area contributed by atoms with E-state index in [0.29, 0.717) is 15.9 Å². The third-order valence-corrected chi connectivity index (χ3v) is 4.25. The van der Waals surface area contributed by atoms with Crippen LogP contribution in [0.3, 0.4) is 0 Å². The molecule has 0 bridgehead atoms. The van der Waals surface area contributed by atoms with Crippen molar-refractivity contribution < 1.29 is 18.0 Å². The van der Waals surface area contributed by atoms with Crippen molar-refractivity contribution in [3.8, 4) is 17.3 Å². The van der Waals surface area contributed by atoms with Crippen LogP contribution in [-0.2, 0) is 11.0 Å². The molecule has 3 aromatic heterocycles. The van der Waals surface area contributed by atoms with Gasteiger partial charge in [-0.05, 0) is 42.5 Å². The number of nitrogens with one attached hydrogen (secondary N) is 1. The molecule has 0 spiro atoms. The number of allylic oxidation sites excluding steroid dienone is 2. The number of nitrogens with zero attached hydrogens (tertiary/aromatic N) is 5. The summed E-state index contributed by atoms with van der Waals surface area (Å²) >= 11 is 0. The molecule has 3 N–H and O–H groups in total. The lowest BCUT2D eigenvalue weighted by Gasteiger charge is -2.10. The van der Waals surface area contributed by atoms with Gasteiger partial charge >= 0.3 is 6.18 Å². The van der Waals surface area contributed by atoms with E-state index in [2.05, 4.69) is 27.0 Å². The maximum absolute atomic E-state index is 13.5. The predicted molar refractivity (Wildman–Crippen MR) is 115 cm³/mol. The summed E-state index contributed by atoms with van der Waals surface area (Å²) in [5.41, 5.74) is 5.71. The van der Waals surface area contributed by atoms with Crippen LogP contribution in [0.4, 0.5) is 18.9 Å². The Kier molecular flexibility index (Phi) is 6.68. The van der Waals surface area contributed by atoms with Crippen molar-refractivity contribution in [2.45, 2.75) is 6.18 Å². The Morgan fingerprint density at radius 3 is 2.61 bits per heavy atom. The van der Waals surface area contributed by atoms with E-state index in [-0.39, 0.29) is 22.8 Å². The minimum Gasteiger partial charge on any atom is -0.384 e. The Balaban J connectivity index is 1.90. The zero-order valence-electron chi connectivity index (χ0n) is 16.9. The highest BCUT2D eigenvalue weighted by atomic mass is 19.4. The monoisotopic (exact) mass is 451 g/mol. The van der Waals surface area contributed by atoms with Gasteiger partial charge in [0, 0.05) is 23.5 Å². The predicted octanol–water partition coefficient (Wildman–Crippen LogP) is 3.74. The molecule has 0 unspecified atom stereocenters. The van der Waals surface area contributed by atoms with Gasteiger partial charge in [0.05, 0.1) is 17.6 Å². The summed E-state index contributed by atoms with van der Waals surface area (Å²) in [6.45, 7) is 3.54. The molecular formula is C22H16F3N7O. The van der Waals surface area contributed by atoms with E-state index in [4.69, 9.17) is 11.0 Å². The van der Waals surface area contributed by atoms with Crippen LogP contribution in [0.25, 0.3) is 17.1 Å². The molecule has 0 aliphatic carbocycles. The number of carbonyl (C=O) groups is 1. The summed E-state index contributed by atoms with van der Waals surface area (Å²) in [5.74, 6) is -0.974. The van der Waals surface area contributed by atoms with Crippen molar-refractivity contribution in [1.29, 1.82) is 5.26 Å². The average molecular weight is 451 g/mol. The minimum absolute atomic E-state index is 0.0236. The van der Waals surface area contributed by atoms with Gasteiger partial charge in [0.15, 0.2) is 5.69 Å². The van der Waals surface area contributed by atoms with Gasteiger partial charge in [-0.1, -0.05) is 12.7 Å². The first-order chi connectivity index (χ1) is 15.7. The second-order valence-corrected chi connectivity index (χ2v) is 6.48. The highest BCUT2D eigenvalue weighted by molar-refractivity contribution is 6.05. The number of amides is 1. The van der Waals surface area contributed by atoms with E-state index >= 15 is 0 Å². The SMILES string of the molecule is C=C/C(=C\C=C(/N)n1nc(-c2cccnc2)cc1C(F)(F)F)C(=O)Nc1ccc(C#N)nc1. The largest absolute Gasteiger partial charge is 0.433 e. The zero-order valence-corrected chi connectivity index (χ0v) is 16.9. The molecule has 0 aliphatic rings. The molecule has 0 atom stereocenters. The highest BCUT2D eigenvalue weighted by Crippen LogP contribution is 2.33. The first-order valence-corrected chi connectivity index (χ1v) is 9.28. The third-order valence-electron chi connectivity index (χ3n) is 4.25. The first kappa shape index (κ1) is 23.0. The van der Waals surface area contributed by atoms with Gasteiger partial charge in [-0.15, -0.1) is 0 Å². The van der Waals surface area contributed by atoms with E-state index in [0.717, 1.165) is 12.1 Å². The number of nitrogens with two attached hydrogens (primary N) is 1. The molecule has 1 amide bonds. The fourth-order valence-corrected chi connectivity index (χ4v) is 2.65. The maximum atomic E-state index is 13.5. The molecule has 3 aromatic rings. The number of rotatable bonds is 6. The Morgan fingerprint density at radius 1 is 1.24 bits per heavy atom. The number of nitriles is 1. The second kappa shape index (κ2) is 9.61. The molecule has 0 saturated carbocycles. The molecule has 8 nitrogen and oxygen atoms in total. The van der Waals surface area contributed by atoms with Gasteiger partial charge in [-0.3, -0.25) is 9.78 Å². The van der Waals surface area contributed by atoms with Gasteiger partial charge < -0.3 is 11.1 Å². The van der Waals surface area contributed by atoms with Crippen LogP contribution in [0.2, 0.25) is 0 Å². The highest BCUT2D eigenvalue weighted by Gasteiger charge is 2.36. The van der Waals surface area contributed by atoms with Gasteiger partial charge in [-0.2, -0.15) is 23.5 Å². The number of hydrogen-bond donors (Lipinski definition) is 2. The first-order valence-electron chi connectivity index (χ1n) is 9.28. The molecule has 0 fully saturated rings. The van der Waals surface area contributed by atoms with Crippen LogP contribution in [0.1, 0.15) is 11.4 Å². The summed E-state index contributed by atoms with van der Waals surface area (Å²) in [4.78, 5) is 20.2. The summed E-state index contributed by atoms with van der Waals surface area (Å²) in [6, 6.07) is 8.75. The molecule has 0 aromatic carbocycles. The van der Waals surface area contributed by atoms with Crippen molar-refractivity contribution in [3.05, 3.63) is 90.7 Å². The maximum Gasteiger partial charge on any atom is 0.433 e. The molecule has 33 heavy (non-hydrogen) atoms. The van der Waals surface area contributed by atoms with E-state index in [1.54, 1.807) is 12.1 Å². The number of aromatic nitrogens is 4. The third kappa shape index (κ3) is 5.50. The Labute approximate surface area is 186 Å². The molecule has 3 heterocycles. The van der Waals surface area contributed by atoms with Crippen molar-refractivity contribution >= 4 is 17.4 Å². The molecular weight excluding hydrogens is 435 g/mol. The molecule has 3 rings (SSSR count). The standard InChI is InChI=1S/C22H16F3N7O/c1-2-14(21(33)30-17-7-6-16(11-26)29-13-17)5-8-20(27)32-19(22(23,24)25)10-18(31-32)15-4-3-9-28-12-15/h2-10,12-13H,1,27H2,(H,30,33)/b14-5+,20-8+. The number of halogens is 3. The van der Waals surface area contributed by atoms with E-state index < -0.39 is 17.8 Å². The Bertz CT molecular complexity index is 1270. The fourth-order valence-electron chi connectivity index (χ4n) is 2.65.